The van der Waals surface area contributed by atoms with Gasteiger partial charge in [-0.1, -0.05) is 12.1 Å². The fourth-order valence-electron chi connectivity index (χ4n) is 2.48. The van der Waals surface area contributed by atoms with E-state index in [0.29, 0.717) is 22.8 Å². The maximum atomic E-state index is 12.3. The summed E-state index contributed by atoms with van der Waals surface area (Å²) in [5.41, 5.74) is 3.09. The summed E-state index contributed by atoms with van der Waals surface area (Å²) in [5, 5.41) is 15.1. The summed E-state index contributed by atoms with van der Waals surface area (Å²) in [6.45, 7) is 1.69. The van der Waals surface area contributed by atoms with Gasteiger partial charge in [0.15, 0.2) is 17.2 Å². The van der Waals surface area contributed by atoms with Crippen molar-refractivity contribution >= 4 is 17.3 Å². The van der Waals surface area contributed by atoms with Gasteiger partial charge in [-0.2, -0.15) is 5.10 Å². The van der Waals surface area contributed by atoms with Crippen LogP contribution < -0.4 is 19.6 Å². The SMILES string of the molecule is COc1ccc(C(C)=NNC(=O)[C@H]2COc3ccccc3O2)cc1[N+](=O)[O-]. The van der Waals surface area contributed by atoms with Crippen molar-refractivity contribution in [3.63, 3.8) is 0 Å². The Morgan fingerprint density at radius 3 is 2.74 bits per heavy atom. The second kappa shape index (κ2) is 7.73. The van der Waals surface area contributed by atoms with Crippen molar-refractivity contribution in [2.45, 2.75) is 13.0 Å². The molecule has 0 saturated heterocycles. The molecular formula is C18H17N3O6. The van der Waals surface area contributed by atoms with Crippen LogP contribution in [0.4, 0.5) is 5.69 Å². The Kier molecular flexibility index (Phi) is 5.20. The van der Waals surface area contributed by atoms with E-state index in [9.17, 15) is 14.9 Å². The number of fused-ring (bicyclic) bond motifs is 1. The van der Waals surface area contributed by atoms with E-state index in [4.69, 9.17) is 14.2 Å². The molecule has 0 bridgehead atoms. The number of nitrogens with one attached hydrogen (secondary N) is 1. The molecule has 9 nitrogen and oxygen atoms in total. The lowest BCUT2D eigenvalue weighted by Gasteiger charge is -2.24. The van der Waals surface area contributed by atoms with Crippen molar-refractivity contribution in [1.82, 2.24) is 5.43 Å². The van der Waals surface area contributed by atoms with Gasteiger partial charge in [-0.25, -0.2) is 5.43 Å². The van der Waals surface area contributed by atoms with Gasteiger partial charge in [-0.05, 0) is 31.2 Å². The number of hydrogen-bond donors (Lipinski definition) is 1. The summed E-state index contributed by atoms with van der Waals surface area (Å²) in [6.07, 6.45) is -0.846. The van der Waals surface area contributed by atoms with Gasteiger partial charge in [-0.3, -0.25) is 14.9 Å². The van der Waals surface area contributed by atoms with Crippen molar-refractivity contribution in [3.05, 3.63) is 58.1 Å². The smallest absolute Gasteiger partial charge is 0.311 e. The number of nitro groups is 1. The number of carbonyl (C=O) groups excluding carboxylic acids is 1. The third kappa shape index (κ3) is 3.97. The normalized spacial score (nSPS) is 15.8. The zero-order chi connectivity index (χ0) is 19.4. The molecule has 1 atom stereocenters. The highest BCUT2D eigenvalue weighted by atomic mass is 16.6. The van der Waals surface area contributed by atoms with Crippen LogP contribution >= 0.6 is 0 Å². The molecule has 0 saturated carbocycles. The van der Waals surface area contributed by atoms with E-state index in [2.05, 4.69) is 10.5 Å². The summed E-state index contributed by atoms with van der Waals surface area (Å²) in [5.74, 6) is 0.723. The zero-order valence-electron chi connectivity index (χ0n) is 14.7. The van der Waals surface area contributed by atoms with Gasteiger partial charge in [0.05, 0.1) is 17.7 Å². The van der Waals surface area contributed by atoms with Crippen LogP contribution in [-0.2, 0) is 4.79 Å². The van der Waals surface area contributed by atoms with Crippen LogP contribution in [0.3, 0.4) is 0 Å². The highest BCUT2D eigenvalue weighted by Gasteiger charge is 2.27. The molecule has 9 heteroatoms. The van der Waals surface area contributed by atoms with Crippen molar-refractivity contribution in [3.8, 4) is 17.2 Å². The quantitative estimate of drug-likeness (QED) is 0.490. The third-order valence-electron chi connectivity index (χ3n) is 3.93. The first-order chi connectivity index (χ1) is 13.0. The largest absolute Gasteiger partial charge is 0.490 e. The van der Waals surface area contributed by atoms with E-state index >= 15 is 0 Å². The van der Waals surface area contributed by atoms with Crippen LogP contribution in [0.1, 0.15) is 12.5 Å². The highest BCUT2D eigenvalue weighted by Crippen LogP contribution is 2.31. The van der Waals surface area contributed by atoms with E-state index in [0.717, 1.165) is 0 Å². The fraction of sp³-hybridized carbons (Fsp3) is 0.222. The van der Waals surface area contributed by atoms with E-state index in [1.165, 1.54) is 19.2 Å². The summed E-state index contributed by atoms with van der Waals surface area (Å²) >= 11 is 0. The van der Waals surface area contributed by atoms with E-state index in [1.54, 1.807) is 31.2 Å². The maximum Gasteiger partial charge on any atom is 0.311 e. The van der Waals surface area contributed by atoms with Crippen LogP contribution in [0.15, 0.2) is 47.6 Å². The Labute approximate surface area is 154 Å². The van der Waals surface area contributed by atoms with Crippen molar-refractivity contribution < 1.29 is 23.9 Å². The molecule has 2 aromatic rings. The summed E-state index contributed by atoms with van der Waals surface area (Å²) in [4.78, 5) is 22.8. The molecule has 0 radical (unpaired) electrons. The van der Waals surface area contributed by atoms with Crippen LogP contribution in [0.5, 0.6) is 17.2 Å². The third-order valence-corrected chi connectivity index (χ3v) is 3.93. The molecule has 1 aliphatic rings. The molecule has 140 valence electrons. The molecule has 0 aromatic heterocycles. The summed E-state index contributed by atoms with van der Waals surface area (Å²) in [6, 6.07) is 11.5. The molecule has 1 aliphatic heterocycles. The molecule has 0 aliphatic carbocycles. The number of amides is 1. The van der Waals surface area contributed by atoms with Crippen molar-refractivity contribution in [2.24, 2.45) is 5.10 Å². The topological polar surface area (TPSA) is 112 Å². The summed E-state index contributed by atoms with van der Waals surface area (Å²) < 4.78 is 16.1. The average Bonchev–Trinajstić information content (AvgIpc) is 2.70. The molecule has 3 rings (SSSR count). The molecule has 0 fully saturated rings. The number of ether oxygens (including phenoxy) is 3. The second-order valence-electron chi connectivity index (χ2n) is 5.68. The van der Waals surface area contributed by atoms with Gasteiger partial charge in [-0.15, -0.1) is 0 Å². The first-order valence-corrected chi connectivity index (χ1v) is 8.05. The number of nitro benzene ring substituents is 1. The molecule has 27 heavy (non-hydrogen) atoms. The number of nitrogens with zero attached hydrogens (tertiary/aromatic N) is 2. The standard InChI is InChI=1S/C18H17N3O6/c1-11(12-7-8-14(25-2)13(9-12)21(23)24)19-20-18(22)17-10-26-15-5-3-4-6-16(15)27-17/h3-9,17H,10H2,1-2H3,(H,20,22)/t17-/m1/s1. The predicted molar refractivity (Wildman–Crippen MR) is 96.4 cm³/mol. The lowest BCUT2D eigenvalue weighted by atomic mass is 10.1. The van der Waals surface area contributed by atoms with E-state index in [-0.39, 0.29) is 18.0 Å². The number of para-hydroxylation sites is 2. The second-order valence-corrected chi connectivity index (χ2v) is 5.68. The van der Waals surface area contributed by atoms with E-state index < -0.39 is 16.9 Å². The minimum Gasteiger partial charge on any atom is -0.490 e. The van der Waals surface area contributed by atoms with Gasteiger partial charge in [0.2, 0.25) is 6.10 Å². The predicted octanol–water partition coefficient (Wildman–Crippen LogP) is 2.28. The molecule has 1 N–H and O–H groups in total. The van der Waals surface area contributed by atoms with E-state index in [1.807, 2.05) is 6.07 Å². The first kappa shape index (κ1) is 18.2. The Balaban J connectivity index is 1.70. The average molecular weight is 371 g/mol. The lowest BCUT2D eigenvalue weighted by Crippen LogP contribution is -2.42. The Bertz CT molecular complexity index is 912. The summed E-state index contributed by atoms with van der Waals surface area (Å²) in [7, 11) is 1.35. The van der Waals surface area contributed by atoms with Crippen molar-refractivity contribution in [1.29, 1.82) is 0 Å². The van der Waals surface area contributed by atoms with Gasteiger partial charge in [0.25, 0.3) is 5.91 Å². The fourth-order valence-corrected chi connectivity index (χ4v) is 2.48. The van der Waals surface area contributed by atoms with Gasteiger partial charge < -0.3 is 14.2 Å². The Morgan fingerprint density at radius 2 is 2.04 bits per heavy atom. The molecule has 0 spiro atoms. The number of benzene rings is 2. The minimum atomic E-state index is -0.846. The molecule has 1 heterocycles. The van der Waals surface area contributed by atoms with Crippen molar-refractivity contribution in [2.75, 3.05) is 13.7 Å². The van der Waals surface area contributed by atoms with Crippen LogP contribution in [-0.4, -0.2) is 36.4 Å². The molecule has 2 aromatic carbocycles. The number of hydrazone groups is 1. The van der Waals surface area contributed by atoms with Gasteiger partial charge >= 0.3 is 5.69 Å². The minimum absolute atomic E-state index is 0.0609. The van der Waals surface area contributed by atoms with Crippen LogP contribution in [0.25, 0.3) is 0 Å². The number of hydrogen-bond acceptors (Lipinski definition) is 7. The van der Waals surface area contributed by atoms with Gasteiger partial charge in [0.1, 0.15) is 6.61 Å². The van der Waals surface area contributed by atoms with Crippen LogP contribution in [0.2, 0.25) is 0 Å². The maximum absolute atomic E-state index is 12.3. The zero-order valence-corrected chi connectivity index (χ0v) is 14.7. The Morgan fingerprint density at radius 1 is 1.30 bits per heavy atom. The van der Waals surface area contributed by atoms with Gasteiger partial charge in [0, 0.05) is 11.6 Å². The first-order valence-electron chi connectivity index (χ1n) is 8.05. The molecule has 0 unspecified atom stereocenters. The Hall–Kier alpha value is -3.62. The monoisotopic (exact) mass is 371 g/mol. The lowest BCUT2D eigenvalue weighted by molar-refractivity contribution is -0.385. The molecule has 1 amide bonds. The number of carbonyl (C=O) groups is 1. The molecular weight excluding hydrogens is 354 g/mol. The number of methoxy groups -OCH3 is 1. The van der Waals surface area contributed by atoms with Crippen LogP contribution in [0, 0.1) is 10.1 Å². The highest BCUT2D eigenvalue weighted by molar-refractivity contribution is 6.00. The number of rotatable bonds is 5.